The van der Waals surface area contributed by atoms with Crippen molar-refractivity contribution in [2.45, 2.75) is 11.7 Å². The number of imide groups is 1. The van der Waals surface area contributed by atoms with Crippen LogP contribution in [-0.4, -0.2) is 34.2 Å². The van der Waals surface area contributed by atoms with Gasteiger partial charge in [0.25, 0.3) is 11.5 Å². The number of aromatic nitrogens is 2. The first-order chi connectivity index (χ1) is 14.0. The van der Waals surface area contributed by atoms with E-state index in [-0.39, 0.29) is 17.9 Å². The summed E-state index contributed by atoms with van der Waals surface area (Å²) in [4.78, 5) is 41.6. The minimum absolute atomic E-state index is 0.0657. The fourth-order valence-electron chi connectivity index (χ4n) is 2.66. The second-order valence-electron chi connectivity index (χ2n) is 6.01. The molecule has 0 unspecified atom stereocenters. The van der Waals surface area contributed by atoms with Crippen molar-refractivity contribution in [3.05, 3.63) is 77.1 Å². The van der Waals surface area contributed by atoms with Crippen molar-refractivity contribution >= 4 is 34.5 Å². The van der Waals surface area contributed by atoms with Gasteiger partial charge in [-0.15, -0.1) is 6.58 Å². The van der Waals surface area contributed by atoms with E-state index in [2.05, 4.69) is 16.9 Å². The predicted molar refractivity (Wildman–Crippen MR) is 112 cm³/mol. The van der Waals surface area contributed by atoms with E-state index >= 15 is 0 Å². The summed E-state index contributed by atoms with van der Waals surface area (Å²) in [5.41, 5.74) is 0.694. The fourth-order valence-corrected chi connectivity index (χ4v) is 3.46. The average molecular weight is 409 g/mol. The van der Waals surface area contributed by atoms with Gasteiger partial charge in [0.15, 0.2) is 5.16 Å². The molecule has 1 heterocycles. The minimum Gasteiger partial charge on any atom is -0.497 e. The van der Waals surface area contributed by atoms with Crippen LogP contribution in [0.4, 0.5) is 0 Å². The van der Waals surface area contributed by atoms with Gasteiger partial charge in [0, 0.05) is 12.1 Å². The van der Waals surface area contributed by atoms with Gasteiger partial charge >= 0.3 is 0 Å². The van der Waals surface area contributed by atoms with Crippen LogP contribution in [0.3, 0.4) is 0 Å². The third-order valence-electron chi connectivity index (χ3n) is 4.08. The lowest BCUT2D eigenvalue weighted by molar-refractivity contribution is -0.117. The summed E-state index contributed by atoms with van der Waals surface area (Å²) in [6, 6.07) is 13.4. The van der Waals surface area contributed by atoms with Crippen molar-refractivity contribution in [3.8, 4) is 5.75 Å². The Morgan fingerprint density at radius 1 is 1.21 bits per heavy atom. The SMILES string of the molecule is C=CCn1c(SCC(=O)NC(=O)c2ccc(OC)cc2)nc2ccccc2c1=O. The topological polar surface area (TPSA) is 90.3 Å². The Morgan fingerprint density at radius 3 is 2.62 bits per heavy atom. The lowest BCUT2D eigenvalue weighted by Crippen LogP contribution is -2.32. The molecule has 3 rings (SSSR count). The second-order valence-corrected chi connectivity index (χ2v) is 6.95. The van der Waals surface area contributed by atoms with Gasteiger partial charge in [0.05, 0.1) is 23.8 Å². The number of para-hydroxylation sites is 1. The van der Waals surface area contributed by atoms with Gasteiger partial charge in [0.1, 0.15) is 5.75 Å². The molecule has 0 saturated carbocycles. The molecule has 2 aromatic carbocycles. The maximum atomic E-state index is 12.7. The summed E-state index contributed by atoms with van der Waals surface area (Å²) < 4.78 is 6.50. The molecule has 148 valence electrons. The molecule has 1 aromatic heterocycles. The molecule has 0 aliphatic rings. The van der Waals surface area contributed by atoms with E-state index in [0.717, 1.165) is 11.8 Å². The molecule has 0 aliphatic carbocycles. The Labute approximate surface area is 171 Å². The molecule has 2 amide bonds. The summed E-state index contributed by atoms with van der Waals surface area (Å²) in [5, 5.41) is 3.22. The lowest BCUT2D eigenvalue weighted by atomic mass is 10.2. The van der Waals surface area contributed by atoms with Gasteiger partial charge in [-0.05, 0) is 36.4 Å². The van der Waals surface area contributed by atoms with Crippen LogP contribution >= 0.6 is 11.8 Å². The summed E-state index contributed by atoms with van der Waals surface area (Å²) in [6.07, 6.45) is 1.59. The van der Waals surface area contributed by atoms with E-state index < -0.39 is 11.8 Å². The largest absolute Gasteiger partial charge is 0.497 e. The number of nitrogens with one attached hydrogen (secondary N) is 1. The van der Waals surface area contributed by atoms with Gasteiger partial charge in [-0.25, -0.2) is 4.98 Å². The Bertz CT molecular complexity index is 1120. The number of thioether (sulfide) groups is 1. The summed E-state index contributed by atoms with van der Waals surface area (Å²) in [5.74, 6) is -0.438. The van der Waals surface area contributed by atoms with Crippen LogP contribution in [-0.2, 0) is 11.3 Å². The number of hydrogen-bond donors (Lipinski definition) is 1. The van der Waals surface area contributed by atoms with E-state index in [4.69, 9.17) is 4.74 Å². The predicted octanol–water partition coefficient (Wildman–Crippen LogP) is 2.64. The molecular formula is C21H19N3O4S. The number of amides is 2. The number of benzene rings is 2. The van der Waals surface area contributed by atoms with E-state index in [1.54, 1.807) is 54.6 Å². The van der Waals surface area contributed by atoms with Crippen LogP contribution in [0.2, 0.25) is 0 Å². The van der Waals surface area contributed by atoms with Gasteiger partial charge < -0.3 is 4.74 Å². The summed E-state index contributed by atoms with van der Waals surface area (Å²) >= 11 is 1.09. The first kappa shape index (κ1) is 20.3. The first-order valence-electron chi connectivity index (χ1n) is 8.75. The fraction of sp³-hybridized carbons (Fsp3) is 0.143. The van der Waals surface area contributed by atoms with Crippen LogP contribution in [0.15, 0.2) is 71.1 Å². The number of ether oxygens (including phenoxy) is 1. The highest BCUT2D eigenvalue weighted by molar-refractivity contribution is 7.99. The number of carbonyl (C=O) groups is 2. The third-order valence-corrected chi connectivity index (χ3v) is 5.05. The monoisotopic (exact) mass is 409 g/mol. The smallest absolute Gasteiger partial charge is 0.262 e. The van der Waals surface area contributed by atoms with Crippen LogP contribution in [0.5, 0.6) is 5.75 Å². The standard InChI is InChI=1S/C21H19N3O4S/c1-3-12-24-20(27)16-6-4-5-7-17(16)22-21(24)29-13-18(25)23-19(26)14-8-10-15(28-2)11-9-14/h3-11H,1,12-13H2,2H3,(H,23,25,26). The van der Waals surface area contributed by atoms with Gasteiger partial charge in [-0.3, -0.25) is 24.3 Å². The van der Waals surface area contributed by atoms with Crippen LogP contribution in [0.1, 0.15) is 10.4 Å². The molecule has 0 aliphatic heterocycles. The Hall–Kier alpha value is -3.39. The van der Waals surface area contributed by atoms with Crippen molar-refractivity contribution in [2.75, 3.05) is 12.9 Å². The summed E-state index contributed by atoms with van der Waals surface area (Å²) in [7, 11) is 1.53. The van der Waals surface area contributed by atoms with E-state index in [0.29, 0.717) is 27.4 Å². The van der Waals surface area contributed by atoms with Gasteiger partial charge in [0.2, 0.25) is 5.91 Å². The lowest BCUT2D eigenvalue weighted by Gasteiger charge is -2.11. The Kier molecular flexibility index (Phi) is 6.46. The second kappa shape index (κ2) is 9.20. The molecule has 7 nitrogen and oxygen atoms in total. The Morgan fingerprint density at radius 2 is 1.93 bits per heavy atom. The Balaban J connectivity index is 1.73. The molecule has 29 heavy (non-hydrogen) atoms. The first-order valence-corrected chi connectivity index (χ1v) is 9.73. The molecule has 0 radical (unpaired) electrons. The molecule has 0 atom stereocenters. The highest BCUT2D eigenvalue weighted by atomic mass is 32.2. The number of fused-ring (bicyclic) bond motifs is 1. The average Bonchev–Trinajstić information content (AvgIpc) is 2.74. The van der Waals surface area contributed by atoms with Crippen LogP contribution in [0, 0.1) is 0 Å². The molecule has 0 bridgehead atoms. The van der Waals surface area contributed by atoms with Crippen molar-refractivity contribution in [1.29, 1.82) is 0 Å². The van der Waals surface area contributed by atoms with Gasteiger partial charge in [-0.2, -0.15) is 0 Å². The zero-order valence-electron chi connectivity index (χ0n) is 15.8. The zero-order chi connectivity index (χ0) is 20.8. The van der Waals surface area contributed by atoms with Crippen LogP contribution in [0.25, 0.3) is 10.9 Å². The highest BCUT2D eigenvalue weighted by Crippen LogP contribution is 2.18. The minimum atomic E-state index is -0.506. The molecule has 0 fully saturated rings. The van der Waals surface area contributed by atoms with Gasteiger partial charge in [-0.1, -0.05) is 30.0 Å². The summed E-state index contributed by atoms with van der Waals surface area (Å²) in [6.45, 7) is 3.94. The molecule has 0 saturated heterocycles. The van der Waals surface area contributed by atoms with E-state index in [9.17, 15) is 14.4 Å². The van der Waals surface area contributed by atoms with Crippen LogP contribution < -0.4 is 15.6 Å². The highest BCUT2D eigenvalue weighted by Gasteiger charge is 2.15. The molecule has 1 N–H and O–H groups in total. The molecule has 3 aromatic rings. The molecular weight excluding hydrogens is 390 g/mol. The number of methoxy groups -OCH3 is 1. The molecule has 8 heteroatoms. The normalized spacial score (nSPS) is 10.5. The van der Waals surface area contributed by atoms with E-state index in [1.165, 1.54) is 11.7 Å². The van der Waals surface area contributed by atoms with Crippen molar-refractivity contribution in [1.82, 2.24) is 14.9 Å². The third kappa shape index (κ3) is 4.72. The van der Waals surface area contributed by atoms with E-state index in [1.807, 2.05) is 0 Å². The number of carbonyl (C=O) groups excluding carboxylic acids is 2. The molecule has 0 spiro atoms. The number of nitrogens with zero attached hydrogens (tertiary/aromatic N) is 2. The van der Waals surface area contributed by atoms with Crippen molar-refractivity contribution in [3.63, 3.8) is 0 Å². The zero-order valence-corrected chi connectivity index (χ0v) is 16.6. The maximum Gasteiger partial charge on any atom is 0.262 e. The quantitative estimate of drug-likeness (QED) is 0.367. The number of allylic oxidation sites excluding steroid dienone is 1. The van der Waals surface area contributed by atoms with Crippen molar-refractivity contribution in [2.24, 2.45) is 0 Å². The maximum absolute atomic E-state index is 12.7. The van der Waals surface area contributed by atoms with Crippen molar-refractivity contribution < 1.29 is 14.3 Å². The number of hydrogen-bond acceptors (Lipinski definition) is 6. The number of rotatable bonds is 7.